The van der Waals surface area contributed by atoms with Crippen LogP contribution in [0, 0.1) is 0 Å². The molecule has 0 fully saturated rings. The molecule has 1 heterocycles. The number of amides is 1. The first-order chi connectivity index (χ1) is 18.9. The first-order valence-electron chi connectivity index (χ1n) is 13.2. The maximum Gasteiger partial charge on any atom is 0.306 e. The van der Waals surface area contributed by atoms with Gasteiger partial charge in [-0.1, -0.05) is 29.3 Å². The fraction of sp³-hybridized carbons (Fsp3) is 0.483. The van der Waals surface area contributed by atoms with E-state index < -0.39 is 29.1 Å². The van der Waals surface area contributed by atoms with Crippen molar-refractivity contribution < 1.29 is 28.9 Å². The molecule has 0 aliphatic carbocycles. The van der Waals surface area contributed by atoms with E-state index >= 15 is 0 Å². The number of nitrogens with zero attached hydrogens (tertiary/aromatic N) is 1. The minimum atomic E-state index is -1.37. The van der Waals surface area contributed by atoms with Gasteiger partial charge in [-0.25, -0.2) is 10.4 Å². The van der Waals surface area contributed by atoms with Crippen LogP contribution in [-0.2, 0) is 25.5 Å². The molecule has 0 aromatic heterocycles. The molecule has 40 heavy (non-hydrogen) atoms. The molecule has 218 valence electrons. The molecular weight excluding hydrogens is 557 g/mol. The highest BCUT2D eigenvalue weighted by atomic mass is 35.5. The number of hydrogen-bond donors (Lipinski definition) is 3. The molecule has 0 saturated heterocycles. The van der Waals surface area contributed by atoms with Crippen molar-refractivity contribution in [1.82, 2.24) is 10.9 Å². The number of benzene rings is 2. The normalized spacial score (nSPS) is 18.6. The van der Waals surface area contributed by atoms with Gasteiger partial charge in [0.2, 0.25) is 5.90 Å². The van der Waals surface area contributed by atoms with E-state index in [1.807, 2.05) is 6.07 Å². The second kappa shape index (κ2) is 14.2. The van der Waals surface area contributed by atoms with E-state index in [9.17, 15) is 9.59 Å². The maximum atomic E-state index is 13.6. The Morgan fingerprint density at radius 1 is 1.15 bits per heavy atom. The maximum absolute atomic E-state index is 13.6. The summed E-state index contributed by atoms with van der Waals surface area (Å²) >= 11 is 12.2. The first-order valence-corrected chi connectivity index (χ1v) is 14.0. The Morgan fingerprint density at radius 2 is 1.88 bits per heavy atom. The number of esters is 1. The monoisotopic (exact) mass is 593 g/mol. The highest BCUT2D eigenvalue weighted by molar-refractivity contribution is 6.35. The molecule has 0 bridgehead atoms. The van der Waals surface area contributed by atoms with E-state index in [0.717, 1.165) is 5.56 Å². The lowest BCUT2D eigenvalue weighted by Crippen LogP contribution is -2.55. The third-order valence-corrected chi connectivity index (χ3v) is 6.78. The van der Waals surface area contributed by atoms with Crippen LogP contribution in [0.1, 0.15) is 58.1 Å². The number of carbonyl (C=O) groups excluding carboxylic acids is 2. The summed E-state index contributed by atoms with van der Waals surface area (Å²) in [6.07, 6.45) is 0.496. The molecule has 3 rings (SSSR count). The number of hydrogen-bond acceptors (Lipinski definition) is 8. The van der Waals surface area contributed by atoms with Gasteiger partial charge in [0.05, 0.1) is 6.61 Å². The number of hydrazine groups is 1. The van der Waals surface area contributed by atoms with Crippen LogP contribution in [-0.4, -0.2) is 59.9 Å². The number of aliphatic imine (C=N–C) groups is 1. The minimum absolute atomic E-state index is 0.0206. The minimum Gasteiger partial charge on any atom is -0.494 e. The highest BCUT2D eigenvalue weighted by Gasteiger charge is 2.50. The molecular formula is C29H37Cl2N3O6. The molecule has 1 amide bonds. The smallest absolute Gasteiger partial charge is 0.306 e. The lowest BCUT2D eigenvalue weighted by atomic mass is 9.88. The van der Waals surface area contributed by atoms with Crippen LogP contribution in [0.5, 0.6) is 5.75 Å². The zero-order chi connectivity index (χ0) is 29.3. The zero-order valence-corrected chi connectivity index (χ0v) is 24.8. The van der Waals surface area contributed by atoms with Crippen LogP contribution in [0.2, 0.25) is 10.0 Å². The van der Waals surface area contributed by atoms with Gasteiger partial charge in [-0.05, 0) is 82.5 Å². The largest absolute Gasteiger partial charge is 0.494 e. The fourth-order valence-corrected chi connectivity index (χ4v) is 4.61. The van der Waals surface area contributed by atoms with Crippen LogP contribution < -0.4 is 15.6 Å². The molecule has 2 aromatic rings. The summed E-state index contributed by atoms with van der Waals surface area (Å²) in [6.45, 7) is 7.98. The molecule has 0 radical (unpaired) electrons. The van der Waals surface area contributed by atoms with Gasteiger partial charge in [-0.3, -0.25) is 15.0 Å². The van der Waals surface area contributed by atoms with Crippen molar-refractivity contribution in [2.24, 2.45) is 4.99 Å². The number of rotatable bonds is 13. The average Bonchev–Trinajstić information content (AvgIpc) is 3.23. The zero-order valence-electron chi connectivity index (χ0n) is 23.3. The van der Waals surface area contributed by atoms with Crippen molar-refractivity contribution in [3.8, 4) is 5.75 Å². The van der Waals surface area contributed by atoms with Crippen molar-refractivity contribution in [1.29, 1.82) is 0 Å². The SMILES string of the molecule is C[C@@H]1OC(c2ccc(OCCCO)cc2)=N[C@]1(CCC(=O)OC(C)(C)C)C(=O)NNCCc1ccc(Cl)cc1Cl. The topological polar surface area (TPSA) is 118 Å². The third kappa shape index (κ3) is 8.83. The second-order valence-electron chi connectivity index (χ2n) is 10.5. The number of aliphatic hydroxyl groups is 1. The molecule has 2 atom stereocenters. The molecule has 0 saturated carbocycles. The standard InChI is InChI=1S/C29H37Cl2N3O6/c1-19-29(14-12-25(36)40-28(2,3)4,27(37)34-32-15-13-20-6-9-22(30)18-24(20)31)33-26(39-19)21-7-10-23(11-8-21)38-17-5-16-35/h6-11,18-19,32,35H,5,12-17H2,1-4H3,(H,34,37)/t19-,29-/m0/s1. The van der Waals surface area contributed by atoms with E-state index in [0.29, 0.717) is 53.2 Å². The van der Waals surface area contributed by atoms with Crippen molar-refractivity contribution in [3.05, 3.63) is 63.6 Å². The van der Waals surface area contributed by atoms with Crippen molar-refractivity contribution in [3.63, 3.8) is 0 Å². The van der Waals surface area contributed by atoms with E-state index in [1.165, 1.54) is 0 Å². The molecule has 0 spiro atoms. The van der Waals surface area contributed by atoms with E-state index in [-0.39, 0.29) is 19.4 Å². The van der Waals surface area contributed by atoms with Crippen LogP contribution in [0.15, 0.2) is 47.5 Å². The van der Waals surface area contributed by atoms with Gasteiger partial charge < -0.3 is 19.3 Å². The van der Waals surface area contributed by atoms with Gasteiger partial charge >= 0.3 is 5.97 Å². The average molecular weight is 595 g/mol. The highest BCUT2D eigenvalue weighted by Crippen LogP contribution is 2.34. The van der Waals surface area contributed by atoms with Crippen LogP contribution >= 0.6 is 23.2 Å². The number of nitrogens with one attached hydrogen (secondary N) is 2. The molecule has 1 aliphatic rings. The lowest BCUT2D eigenvalue weighted by Gasteiger charge is -2.28. The quantitative estimate of drug-likeness (QED) is 0.176. The molecule has 3 N–H and O–H groups in total. The Kier molecular flexibility index (Phi) is 11.2. The van der Waals surface area contributed by atoms with Crippen molar-refractivity contribution in [2.45, 2.75) is 70.6 Å². The van der Waals surface area contributed by atoms with Gasteiger partial charge in [0, 0.05) is 41.6 Å². The Labute approximate surface area is 245 Å². The summed E-state index contributed by atoms with van der Waals surface area (Å²) in [6, 6.07) is 12.4. The molecule has 11 heteroatoms. The van der Waals surface area contributed by atoms with Crippen LogP contribution in [0.25, 0.3) is 0 Å². The van der Waals surface area contributed by atoms with Gasteiger partial charge in [0.15, 0.2) is 5.54 Å². The Morgan fingerprint density at radius 3 is 2.52 bits per heavy atom. The summed E-state index contributed by atoms with van der Waals surface area (Å²) in [5, 5.41) is 10.0. The van der Waals surface area contributed by atoms with E-state index in [2.05, 4.69) is 10.9 Å². The predicted octanol–water partition coefficient (Wildman–Crippen LogP) is 4.64. The molecule has 9 nitrogen and oxygen atoms in total. The molecule has 2 aromatic carbocycles. The summed E-state index contributed by atoms with van der Waals surface area (Å²) < 4.78 is 17.1. The first kappa shape index (κ1) is 31.7. The van der Waals surface area contributed by atoms with Gasteiger partial charge in [0.25, 0.3) is 5.91 Å². The number of ether oxygens (including phenoxy) is 3. The Hall–Kier alpha value is -2.85. The molecule has 0 unspecified atom stereocenters. The van der Waals surface area contributed by atoms with E-state index in [4.69, 9.17) is 47.5 Å². The number of halogens is 2. The van der Waals surface area contributed by atoms with Gasteiger partial charge in [-0.2, -0.15) is 0 Å². The summed E-state index contributed by atoms with van der Waals surface area (Å²) in [5.41, 5.74) is 5.22. The van der Waals surface area contributed by atoms with Gasteiger partial charge in [0.1, 0.15) is 17.5 Å². The van der Waals surface area contributed by atoms with Crippen LogP contribution in [0.4, 0.5) is 0 Å². The van der Waals surface area contributed by atoms with E-state index in [1.54, 1.807) is 64.1 Å². The summed E-state index contributed by atoms with van der Waals surface area (Å²) in [7, 11) is 0. The fourth-order valence-electron chi connectivity index (χ4n) is 4.11. The van der Waals surface area contributed by atoms with Crippen molar-refractivity contribution in [2.75, 3.05) is 19.8 Å². The Balaban J connectivity index is 1.74. The van der Waals surface area contributed by atoms with Gasteiger partial charge in [-0.15, -0.1) is 0 Å². The lowest BCUT2D eigenvalue weighted by molar-refractivity contribution is -0.155. The van der Waals surface area contributed by atoms with Crippen LogP contribution in [0.3, 0.4) is 0 Å². The predicted molar refractivity (Wildman–Crippen MR) is 155 cm³/mol. The van der Waals surface area contributed by atoms with Crippen molar-refractivity contribution >= 4 is 41.0 Å². The summed E-state index contributed by atoms with van der Waals surface area (Å²) in [4.78, 5) is 30.9. The second-order valence-corrected chi connectivity index (χ2v) is 11.3. The number of aliphatic hydroxyl groups excluding tert-OH is 1. The summed E-state index contributed by atoms with van der Waals surface area (Å²) in [5.74, 6) is 0.0828. The Bertz CT molecular complexity index is 1200. The molecule has 1 aliphatic heterocycles. The third-order valence-electron chi connectivity index (χ3n) is 6.19. The number of carbonyl (C=O) groups is 2.